The van der Waals surface area contributed by atoms with Crippen LogP contribution in [0, 0.1) is 11.3 Å². The van der Waals surface area contributed by atoms with Crippen LogP contribution in [0.1, 0.15) is 46.4 Å². The Morgan fingerprint density at radius 1 is 1.11 bits per heavy atom. The Balaban J connectivity index is 1.70. The first-order valence-corrected chi connectivity index (χ1v) is 11.5. The van der Waals surface area contributed by atoms with Crippen LogP contribution in [0.2, 0.25) is 0 Å². The van der Waals surface area contributed by atoms with Crippen LogP contribution in [0.5, 0.6) is 0 Å². The number of nitrogens with two attached hydrogens (primary N) is 1. The number of hydroxylamine groups is 1. The van der Waals surface area contributed by atoms with Gasteiger partial charge < -0.3 is 15.2 Å². The van der Waals surface area contributed by atoms with Crippen LogP contribution in [0.25, 0.3) is 10.9 Å². The first kappa shape index (κ1) is 24.7. The zero-order valence-corrected chi connectivity index (χ0v) is 19.1. The topological polar surface area (TPSA) is 107 Å². The molecule has 2 heterocycles. The molecular formula is C25H28F3N5O2. The summed E-state index contributed by atoms with van der Waals surface area (Å²) >= 11 is 0. The summed E-state index contributed by atoms with van der Waals surface area (Å²) in [4.78, 5) is 15.4. The molecule has 1 aliphatic rings. The van der Waals surface area contributed by atoms with E-state index in [1.165, 1.54) is 12.1 Å². The number of carbonyl (C=O) groups is 1. The van der Waals surface area contributed by atoms with E-state index in [1.54, 1.807) is 28.8 Å². The molecule has 0 saturated carbocycles. The Morgan fingerprint density at radius 2 is 1.80 bits per heavy atom. The van der Waals surface area contributed by atoms with Gasteiger partial charge in [0.05, 0.1) is 5.56 Å². The van der Waals surface area contributed by atoms with Crippen molar-refractivity contribution in [2.45, 2.75) is 32.0 Å². The largest absolute Gasteiger partial charge is 0.416 e. The first-order valence-electron chi connectivity index (χ1n) is 11.5. The molecule has 7 nitrogen and oxygen atoms in total. The van der Waals surface area contributed by atoms with Crippen LogP contribution in [0.15, 0.2) is 48.5 Å². The number of aromatic nitrogens is 1. The van der Waals surface area contributed by atoms with E-state index in [9.17, 15) is 18.0 Å². The molecule has 3 aromatic rings. The van der Waals surface area contributed by atoms with Crippen LogP contribution >= 0.6 is 0 Å². The van der Waals surface area contributed by atoms with Gasteiger partial charge in [0.1, 0.15) is 11.5 Å². The number of fused-ring (bicyclic) bond motifs is 1. The highest BCUT2D eigenvalue weighted by Crippen LogP contribution is 2.30. The van der Waals surface area contributed by atoms with E-state index in [0.29, 0.717) is 47.9 Å². The number of likely N-dealkylation sites (tertiary alicyclic amines) is 1. The van der Waals surface area contributed by atoms with Crippen molar-refractivity contribution >= 4 is 22.6 Å². The van der Waals surface area contributed by atoms with Gasteiger partial charge in [-0.05, 0) is 61.6 Å². The molecule has 1 saturated heterocycles. The van der Waals surface area contributed by atoms with Crippen LogP contribution in [-0.2, 0) is 12.7 Å². The summed E-state index contributed by atoms with van der Waals surface area (Å²) in [5.41, 5.74) is 8.84. The summed E-state index contributed by atoms with van der Waals surface area (Å²) in [6, 6.07) is 11.7. The van der Waals surface area contributed by atoms with Gasteiger partial charge in [-0.2, -0.15) is 13.2 Å². The number of amidine groups is 1. The lowest BCUT2D eigenvalue weighted by molar-refractivity contribution is -0.137. The number of nitrogens with one attached hydrogen (secondary N) is 2. The normalized spacial score (nSPS) is 14.9. The number of benzene rings is 2. The van der Waals surface area contributed by atoms with Crippen molar-refractivity contribution in [3.63, 3.8) is 0 Å². The third-order valence-electron chi connectivity index (χ3n) is 6.62. The molecule has 0 atom stereocenters. The van der Waals surface area contributed by atoms with E-state index in [0.717, 1.165) is 36.8 Å². The molecule has 5 N–H and O–H groups in total. The highest BCUT2D eigenvalue weighted by Gasteiger charge is 2.30. The molecule has 4 rings (SSSR count). The zero-order valence-electron chi connectivity index (χ0n) is 19.1. The van der Waals surface area contributed by atoms with E-state index in [2.05, 4.69) is 0 Å². The molecule has 0 bridgehead atoms. The highest BCUT2D eigenvalue weighted by molar-refractivity contribution is 6.02. The Morgan fingerprint density at radius 3 is 2.40 bits per heavy atom. The van der Waals surface area contributed by atoms with E-state index in [4.69, 9.17) is 16.4 Å². The van der Waals surface area contributed by atoms with Crippen LogP contribution in [-0.4, -0.2) is 46.1 Å². The minimum Gasteiger partial charge on any atom is -0.337 e. The van der Waals surface area contributed by atoms with Gasteiger partial charge in [-0.25, -0.2) is 0 Å². The Kier molecular flexibility index (Phi) is 7.13. The fourth-order valence-corrected chi connectivity index (χ4v) is 4.63. The molecule has 0 spiro atoms. The lowest BCUT2D eigenvalue weighted by Crippen LogP contribution is -2.39. The predicted octanol–water partition coefficient (Wildman–Crippen LogP) is 4.21. The second-order valence-corrected chi connectivity index (χ2v) is 8.88. The lowest BCUT2D eigenvalue weighted by atomic mass is 9.93. The number of hydrogen-bond donors (Lipinski definition) is 4. The van der Waals surface area contributed by atoms with Crippen molar-refractivity contribution in [2.24, 2.45) is 11.7 Å². The summed E-state index contributed by atoms with van der Waals surface area (Å²) in [5, 5.41) is 17.8. The second kappa shape index (κ2) is 10.1. The fraction of sp³-hybridized carbons (Fsp3) is 0.360. The monoisotopic (exact) mass is 487 g/mol. The number of halogens is 3. The molecule has 0 unspecified atom stereocenters. The lowest BCUT2D eigenvalue weighted by Gasteiger charge is -2.32. The molecule has 35 heavy (non-hydrogen) atoms. The van der Waals surface area contributed by atoms with Gasteiger partial charge in [-0.3, -0.25) is 20.9 Å². The minimum atomic E-state index is -4.43. The standard InChI is InChI=1S/C25H28F3N5O2/c26-25(27,28)20-5-1-17(2-6-20)15-33-21-14-19(23(30)31-35)4-3-18(21)13-22(33)24(34)32-11-8-16(7-10-29)9-12-32/h1-6,13-14,16,35H,7-12,15,29H2,(H2,30,31). The molecule has 0 radical (unpaired) electrons. The van der Waals surface area contributed by atoms with Crippen LogP contribution < -0.4 is 11.2 Å². The maximum atomic E-state index is 13.5. The molecular weight excluding hydrogens is 459 g/mol. The Hall–Kier alpha value is -3.37. The van der Waals surface area contributed by atoms with Gasteiger partial charge in [0.2, 0.25) is 0 Å². The van der Waals surface area contributed by atoms with Gasteiger partial charge in [0, 0.05) is 36.1 Å². The molecule has 1 fully saturated rings. The van der Waals surface area contributed by atoms with Gasteiger partial charge in [0.25, 0.3) is 5.91 Å². The molecule has 1 aliphatic heterocycles. The summed E-state index contributed by atoms with van der Waals surface area (Å²) in [6.45, 7) is 2.04. The van der Waals surface area contributed by atoms with Crippen molar-refractivity contribution < 1.29 is 23.2 Å². The summed E-state index contributed by atoms with van der Waals surface area (Å²) < 4.78 is 40.8. The maximum absolute atomic E-state index is 13.5. The smallest absolute Gasteiger partial charge is 0.337 e. The number of amides is 1. The van der Waals surface area contributed by atoms with Crippen LogP contribution in [0.3, 0.4) is 0 Å². The third kappa shape index (κ3) is 5.33. The van der Waals surface area contributed by atoms with Crippen molar-refractivity contribution in [3.05, 3.63) is 70.9 Å². The van der Waals surface area contributed by atoms with Gasteiger partial charge in [-0.1, -0.05) is 24.3 Å². The fourth-order valence-electron chi connectivity index (χ4n) is 4.63. The van der Waals surface area contributed by atoms with Gasteiger partial charge >= 0.3 is 6.18 Å². The molecule has 0 aliphatic carbocycles. The molecule has 1 aromatic heterocycles. The number of hydrogen-bond acceptors (Lipinski definition) is 4. The molecule has 186 valence electrons. The SMILES string of the molecule is N=C(NO)c1ccc2cc(C(=O)N3CCC(CCN)CC3)n(Cc3ccc(C(F)(F)F)cc3)c2c1. The summed E-state index contributed by atoms with van der Waals surface area (Å²) in [7, 11) is 0. The first-order chi connectivity index (χ1) is 16.7. The van der Waals surface area contributed by atoms with E-state index < -0.39 is 11.7 Å². The van der Waals surface area contributed by atoms with E-state index in [1.807, 2.05) is 10.4 Å². The summed E-state index contributed by atoms with van der Waals surface area (Å²) in [5.74, 6) is 0.155. The second-order valence-electron chi connectivity index (χ2n) is 8.88. The summed E-state index contributed by atoms with van der Waals surface area (Å²) in [6.07, 6.45) is -1.73. The third-order valence-corrected chi connectivity index (χ3v) is 6.62. The molecule has 2 aromatic carbocycles. The van der Waals surface area contributed by atoms with Gasteiger partial charge in [0.15, 0.2) is 0 Å². The van der Waals surface area contributed by atoms with E-state index >= 15 is 0 Å². The minimum absolute atomic E-state index is 0.142. The maximum Gasteiger partial charge on any atom is 0.416 e. The average molecular weight is 488 g/mol. The number of alkyl halides is 3. The predicted molar refractivity (Wildman–Crippen MR) is 127 cm³/mol. The number of nitrogens with zero attached hydrogens (tertiary/aromatic N) is 2. The average Bonchev–Trinajstić information content (AvgIpc) is 3.21. The number of piperidine rings is 1. The van der Waals surface area contributed by atoms with E-state index in [-0.39, 0.29) is 18.3 Å². The molecule has 1 amide bonds. The Labute approximate surface area is 200 Å². The van der Waals surface area contributed by atoms with Gasteiger partial charge in [-0.15, -0.1) is 0 Å². The number of carbonyl (C=O) groups excluding carboxylic acids is 1. The van der Waals surface area contributed by atoms with Crippen molar-refractivity contribution in [3.8, 4) is 0 Å². The highest BCUT2D eigenvalue weighted by atomic mass is 19.4. The van der Waals surface area contributed by atoms with Crippen molar-refractivity contribution in [1.82, 2.24) is 14.9 Å². The number of rotatable bonds is 6. The zero-order chi connectivity index (χ0) is 25.2. The van der Waals surface area contributed by atoms with Crippen molar-refractivity contribution in [1.29, 1.82) is 5.41 Å². The van der Waals surface area contributed by atoms with Crippen LogP contribution in [0.4, 0.5) is 13.2 Å². The van der Waals surface area contributed by atoms with Crippen molar-refractivity contribution in [2.75, 3.05) is 19.6 Å². The molecule has 10 heteroatoms. The Bertz CT molecular complexity index is 1210. The quantitative estimate of drug-likeness (QED) is 0.237.